The fourth-order valence-corrected chi connectivity index (χ4v) is 5.74. The summed E-state index contributed by atoms with van der Waals surface area (Å²) >= 11 is 0. The number of carbonyl (C=O) groups is 1. The van der Waals surface area contributed by atoms with Crippen molar-refractivity contribution in [3.8, 4) is 11.3 Å². The maximum Gasteiger partial charge on any atom is 0.255 e. The zero-order chi connectivity index (χ0) is 30.6. The number of hydrogen-bond acceptors (Lipinski definition) is 7. The second-order valence-corrected chi connectivity index (χ2v) is 12.0. The fraction of sp³-hybridized carbons (Fsp3) is 0.270. The SMILES string of the molecule is Cc1ccc(CON2CCN(CC3CC3)CC2)cc1NC(=O)c1ccc(Nc2nc(-c3ccccc3)c3ccccc3n2)cc1. The Balaban J connectivity index is 0.979. The summed E-state index contributed by atoms with van der Waals surface area (Å²) in [6.07, 6.45) is 2.78. The van der Waals surface area contributed by atoms with Crippen LogP contribution in [0.2, 0.25) is 0 Å². The summed E-state index contributed by atoms with van der Waals surface area (Å²) < 4.78 is 0. The lowest BCUT2D eigenvalue weighted by Gasteiger charge is -2.33. The molecule has 2 N–H and O–H groups in total. The van der Waals surface area contributed by atoms with Crippen LogP contribution in [0.1, 0.15) is 34.3 Å². The van der Waals surface area contributed by atoms with E-state index < -0.39 is 0 Å². The number of aryl methyl sites for hydroxylation is 1. The number of benzene rings is 4. The van der Waals surface area contributed by atoms with Gasteiger partial charge in [0, 0.05) is 60.6 Å². The van der Waals surface area contributed by atoms with Crippen molar-refractivity contribution < 1.29 is 9.63 Å². The van der Waals surface area contributed by atoms with Crippen LogP contribution >= 0.6 is 0 Å². The van der Waals surface area contributed by atoms with Crippen LogP contribution < -0.4 is 10.6 Å². The highest BCUT2D eigenvalue weighted by atomic mass is 16.7. The number of nitrogens with one attached hydrogen (secondary N) is 2. The standard InChI is InChI=1S/C37H38N6O2/c1-26-11-12-28(25-45-43-21-19-42(20-22-43)24-27-13-14-27)23-34(26)39-36(44)30-15-17-31(18-16-30)38-37-40-33-10-6-5-9-32(33)35(41-37)29-7-3-2-4-8-29/h2-12,15-18,23,27H,13-14,19-22,24-25H2,1H3,(H,39,44)(H,38,40,41). The largest absolute Gasteiger partial charge is 0.324 e. The highest BCUT2D eigenvalue weighted by molar-refractivity contribution is 6.05. The van der Waals surface area contributed by atoms with Gasteiger partial charge >= 0.3 is 0 Å². The van der Waals surface area contributed by atoms with E-state index in [0.717, 1.165) is 76.8 Å². The molecule has 0 bridgehead atoms. The van der Waals surface area contributed by atoms with Gasteiger partial charge in [-0.3, -0.25) is 9.63 Å². The second kappa shape index (κ2) is 13.2. The van der Waals surface area contributed by atoms with E-state index in [4.69, 9.17) is 14.8 Å². The predicted molar refractivity (Wildman–Crippen MR) is 179 cm³/mol. The van der Waals surface area contributed by atoms with Gasteiger partial charge in [-0.1, -0.05) is 60.7 Å². The maximum atomic E-state index is 13.2. The normalized spacial score (nSPS) is 15.7. The van der Waals surface area contributed by atoms with Gasteiger partial charge in [-0.05, 0) is 73.2 Å². The third-order valence-corrected chi connectivity index (χ3v) is 8.56. The van der Waals surface area contributed by atoms with E-state index in [1.165, 1.54) is 19.4 Å². The summed E-state index contributed by atoms with van der Waals surface area (Å²) in [5.41, 5.74) is 6.94. The molecule has 8 nitrogen and oxygen atoms in total. The molecule has 5 aromatic rings. The molecule has 0 unspecified atom stereocenters. The van der Waals surface area contributed by atoms with Gasteiger partial charge in [0.15, 0.2) is 0 Å². The van der Waals surface area contributed by atoms with Crippen molar-refractivity contribution in [2.24, 2.45) is 5.92 Å². The molecule has 2 aliphatic rings. The van der Waals surface area contributed by atoms with Crippen LogP contribution in [-0.4, -0.2) is 58.6 Å². The molecule has 1 saturated carbocycles. The summed E-state index contributed by atoms with van der Waals surface area (Å²) in [5, 5.41) is 9.47. The molecule has 1 aliphatic heterocycles. The number of hydrogen-bond donors (Lipinski definition) is 2. The van der Waals surface area contributed by atoms with Crippen molar-refractivity contribution in [3.63, 3.8) is 0 Å². The van der Waals surface area contributed by atoms with Crippen molar-refractivity contribution in [3.05, 3.63) is 114 Å². The Morgan fingerprint density at radius 3 is 2.40 bits per heavy atom. The summed E-state index contributed by atoms with van der Waals surface area (Å²) in [7, 11) is 0. The third kappa shape index (κ3) is 7.20. The minimum absolute atomic E-state index is 0.164. The first-order valence-electron chi connectivity index (χ1n) is 15.8. The van der Waals surface area contributed by atoms with E-state index in [-0.39, 0.29) is 5.91 Å². The number of rotatable bonds is 10. The molecule has 0 spiro atoms. The molecule has 4 aromatic carbocycles. The monoisotopic (exact) mass is 598 g/mol. The number of para-hydroxylation sites is 1. The lowest BCUT2D eigenvalue weighted by Crippen LogP contribution is -2.46. The molecule has 1 amide bonds. The zero-order valence-corrected chi connectivity index (χ0v) is 25.6. The lowest BCUT2D eigenvalue weighted by atomic mass is 10.1. The summed E-state index contributed by atoms with van der Waals surface area (Å²) in [6, 6.07) is 31.6. The Hall–Kier alpha value is -4.63. The Kier molecular flexibility index (Phi) is 8.51. The number of piperazine rings is 1. The van der Waals surface area contributed by atoms with Gasteiger partial charge in [-0.2, -0.15) is 5.06 Å². The molecule has 1 aliphatic carbocycles. The molecular weight excluding hydrogens is 560 g/mol. The molecular formula is C37H38N6O2. The van der Waals surface area contributed by atoms with E-state index in [2.05, 4.69) is 26.7 Å². The van der Waals surface area contributed by atoms with Crippen LogP contribution in [-0.2, 0) is 11.4 Å². The van der Waals surface area contributed by atoms with Gasteiger partial charge in [-0.25, -0.2) is 9.97 Å². The number of fused-ring (bicyclic) bond motifs is 1. The molecule has 0 radical (unpaired) electrons. The first kappa shape index (κ1) is 29.1. The van der Waals surface area contributed by atoms with Gasteiger partial charge in [0.1, 0.15) is 0 Å². The van der Waals surface area contributed by atoms with Gasteiger partial charge < -0.3 is 15.5 Å². The quantitative estimate of drug-likeness (QED) is 0.178. The van der Waals surface area contributed by atoms with Crippen LogP contribution in [0, 0.1) is 12.8 Å². The molecule has 2 heterocycles. The average molecular weight is 599 g/mol. The van der Waals surface area contributed by atoms with Crippen molar-refractivity contribution in [1.29, 1.82) is 0 Å². The van der Waals surface area contributed by atoms with E-state index in [1.54, 1.807) is 0 Å². The van der Waals surface area contributed by atoms with Gasteiger partial charge in [-0.15, -0.1) is 0 Å². The minimum Gasteiger partial charge on any atom is -0.324 e. The van der Waals surface area contributed by atoms with Crippen LogP contribution in [0.15, 0.2) is 97.1 Å². The molecule has 7 rings (SSSR count). The number of amides is 1. The number of nitrogens with zero attached hydrogens (tertiary/aromatic N) is 4. The lowest BCUT2D eigenvalue weighted by molar-refractivity contribution is -0.186. The Labute approximate surface area is 264 Å². The molecule has 45 heavy (non-hydrogen) atoms. The Morgan fingerprint density at radius 1 is 0.867 bits per heavy atom. The molecule has 0 atom stereocenters. The van der Waals surface area contributed by atoms with Gasteiger partial charge in [0.25, 0.3) is 5.91 Å². The van der Waals surface area contributed by atoms with Crippen molar-refractivity contribution in [1.82, 2.24) is 19.9 Å². The van der Waals surface area contributed by atoms with E-state index in [0.29, 0.717) is 18.1 Å². The van der Waals surface area contributed by atoms with Crippen molar-refractivity contribution >= 4 is 34.1 Å². The summed E-state index contributed by atoms with van der Waals surface area (Å²) in [6.45, 7) is 7.69. The number of aromatic nitrogens is 2. The Bertz CT molecular complexity index is 1780. The summed E-state index contributed by atoms with van der Waals surface area (Å²) in [4.78, 5) is 31.5. The second-order valence-electron chi connectivity index (χ2n) is 12.0. The van der Waals surface area contributed by atoms with Crippen LogP contribution in [0.4, 0.5) is 17.3 Å². The smallest absolute Gasteiger partial charge is 0.255 e. The van der Waals surface area contributed by atoms with Crippen molar-refractivity contribution in [2.75, 3.05) is 43.4 Å². The van der Waals surface area contributed by atoms with E-state index >= 15 is 0 Å². The van der Waals surface area contributed by atoms with E-state index in [9.17, 15) is 4.79 Å². The first-order chi connectivity index (χ1) is 22.1. The van der Waals surface area contributed by atoms with Gasteiger partial charge in [0.05, 0.1) is 17.8 Å². The predicted octanol–water partition coefficient (Wildman–Crippen LogP) is 7.06. The summed E-state index contributed by atoms with van der Waals surface area (Å²) in [5.74, 6) is 1.26. The topological polar surface area (TPSA) is 82.6 Å². The first-order valence-corrected chi connectivity index (χ1v) is 15.8. The molecule has 2 fully saturated rings. The van der Waals surface area contributed by atoms with Gasteiger partial charge in [0.2, 0.25) is 5.95 Å². The maximum absolute atomic E-state index is 13.2. The number of anilines is 3. The van der Waals surface area contributed by atoms with Crippen LogP contribution in [0.25, 0.3) is 22.2 Å². The fourth-order valence-electron chi connectivity index (χ4n) is 5.74. The third-order valence-electron chi connectivity index (χ3n) is 8.56. The molecule has 1 saturated heterocycles. The van der Waals surface area contributed by atoms with Crippen LogP contribution in [0.5, 0.6) is 0 Å². The van der Waals surface area contributed by atoms with E-state index in [1.807, 2.05) is 97.9 Å². The average Bonchev–Trinajstić information content (AvgIpc) is 3.90. The van der Waals surface area contributed by atoms with Crippen LogP contribution in [0.3, 0.4) is 0 Å². The highest BCUT2D eigenvalue weighted by Gasteiger charge is 2.26. The molecule has 8 heteroatoms. The Morgan fingerprint density at radius 2 is 1.62 bits per heavy atom. The minimum atomic E-state index is -0.164. The van der Waals surface area contributed by atoms with Crippen molar-refractivity contribution in [2.45, 2.75) is 26.4 Å². The zero-order valence-electron chi connectivity index (χ0n) is 25.6. The molecule has 228 valence electrons. The number of carbonyl (C=O) groups excluding carboxylic acids is 1. The molecule has 1 aromatic heterocycles. The number of hydroxylamine groups is 2. The highest BCUT2D eigenvalue weighted by Crippen LogP contribution is 2.30.